The van der Waals surface area contributed by atoms with Crippen LogP contribution >= 0.6 is 0 Å². The topological polar surface area (TPSA) is 41.6 Å². The van der Waals surface area contributed by atoms with Gasteiger partial charge in [0, 0.05) is 39.1 Å². The van der Waals surface area contributed by atoms with Crippen molar-refractivity contribution < 1.29 is 9.53 Å². The Morgan fingerprint density at radius 2 is 2.05 bits per heavy atom. The SMILES string of the molecule is CCOc1ccccc1C(=O)CCN1CCNCC1. The summed E-state index contributed by atoms with van der Waals surface area (Å²) in [6, 6.07) is 7.51. The standard InChI is InChI=1S/C15H22N2O2/c1-2-19-15-6-4-3-5-13(15)14(18)7-10-17-11-8-16-9-12-17/h3-6,16H,2,7-12H2,1H3. The van der Waals surface area contributed by atoms with Crippen LogP contribution in [-0.2, 0) is 0 Å². The van der Waals surface area contributed by atoms with Gasteiger partial charge in [-0.05, 0) is 19.1 Å². The molecule has 1 aliphatic rings. The van der Waals surface area contributed by atoms with Crippen LogP contribution in [0.2, 0.25) is 0 Å². The van der Waals surface area contributed by atoms with Crippen LogP contribution in [0.15, 0.2) is 24.3 Å². The molecule has 0 spiro atoms. The summed E-state index contributed by atoms with van der Waals surface area (Å²) in [5, 5.41) is 3.31. The van der Waals surface area contributed by atoms with Crippen molar-refractivity contribution in [3.05, 3.63) is 29.8 Å². The molecule has 0 unspecified atom stereocenters. The van der Waals surface area contributed by atoms with Gasteiger partial charge in [-0.15, -0.1) is 0 Å². The van der Waals surface area contributed by atoms with Gasteiger partial charge in [0.05, 0.1) is 12.2 Å². The van der Waals surface area contributed by atoms with Gasteiger partial charge in [-0.3, -0.25) is 4.79 Å². The Balaban J connectivity index is 1.91. The van der Waals surface area contributed by atoms with Crippen LogP contribution in [0.5, 0.6) is 5.75 Å². The van der Waals surface area contributed by atoms with E-state index in [1.165, 1.54) is 0 Å². The summed E-state index contributed by atoms with van der Waals surface area (Å²) < 4.78 is 5.51. The second kappa shape index (κ2) is 7.26. The molecule has 0 aromatic heterocycles. The summed E-state index contributed by atoms with van der Waals surface area (Å²) >= 11 is 0. The van der Waals surface area contributed by atoms with E-state index in [2.05, 4.69) is 10.2 Å². The number of nitrogens with one attached hydrogen (secondary N) is 1. The molecule has 0 saturated carbocycles. The number of para-hydroxylation sites is 1. The zero-order chi connectivity index (χ0) is 13.5. The Bertz CT molecular complexity index is 414. The second-order valence-electron chi connectivity index (χ2n) is 4.69. The molecular weight excluding hydrogens is 240 g/mol. The highest BCUT2D eigenvalue weighted by atomic mass is 16.5. The monoisotopic (exact) mass is 262 g/mol. The summed E-state index contributed by atoms with van der Waals surface area (Å²) in [4.78, 5) is 14.6. The lowest BCUT2D eigenvalue weighted by molar-refractivity contribution is 0.0957. The molecular formula is C15H22N2O2. The first-order valence-electron chi connectivity index (χ1n) is 6.99. The lowest BCUT2D eigenvalue weighted by Gasteiger charge is -2.26. The fourth-order valence-corrected chi connectivity index (χ4v) is 2.31. The molecule has 19 heavy (non-hydrogen) atoms. The van der Waals surface area contributed by atoms with Crippen LogP contribution in [0.1, 0.15) is 23.7 Å². The first kappa shape index (κ1) is 14.0. The van der Waals surface area contributed by atoms with Gasteiger partial charge in [-0.1, -0.05) is 12.1 Å². The maximum atomic E-state index is 12.3. The van der Waals surface area contributed by atoms with E-state index < -0.39 is 0 Å². The smallest absolute Gasteiger partial charge is 0.167 e. The zero-order valence-corrected chi connectivity index (χ0v) is 11.5. The largest absolute Gasteiger partial charge is 0.493 e. The summed E-state index contributed by atoms with van der Waals surface area (Å²) in [6.45, 7) is 7.44. The molecule has 4 heteroatoms. The number of ether oxygens (including phenoxy) is 1. The lowest BCUT2D eigenvalue weighted by Crippen LogP contribution is -2.44. The van der Waals surface area contributed by atoms with Gasteiger partial charge in [0.25, 0.3) is 0 Å². The van der Waals surface area contributed by atoms with Crippen LogP contribution in [0.4, 0.5) is 0 Å². The number of Topliss-reactive ketones (excluding diaryl/α,β-unsaturated/α-hetero) is 1. The van der Waals surface area contributed by atoms with Crippen molar-refractivity contribution in [2.45, 2.75) is 13.3 Å². The Hall–Kier alpha value is -1.39. The van der Waals surface area contributed by atoms with Crippen LogP contribution in [-0.4, -0.2) is 50.0 Å². The predicted octanol–water partition coefficient (Wildman–Crippen LogP) is 1.56. The van der Waals surface area contributed by atoms with Crippen molar-refractivity contribution in [1.29, 1.82) is 0 Å². The normalized spacial score (nSPS) is 16.3. The van der Waals surface area contributed by atoms with Gasteiger partial charge >= 0.3 is 0 Å². The summed E-state index contributed by atoms with van der Waals surface area (Å²) in [5.74, 6) is 0.873. The minimum Gasteiger partial charge on any atom is -0.493 e. The van der Waals surface area contributed by atoms with Crippen molar-refractivity contribution in [2.24, 2.45) is 0 Å². The number of hydrogen-bond donors (Lipinski definition) is 1. The Morgan fingerprint density at radius 3 is 2.79 bits per heavy atom. The quantitative estimate of drug-likeness (QED) is 0.790. The van der Waals surface area contributed by atoms with Crippen molar-refractivity contribution >= 4 is 5.78 Å². The Kier molecular flexibility index (Phi) is 5.36. The molecule has 0 atom stereocenters. The molecule has 0 bridgehead atoms. The van der Waals surface area contributed by atoms with Gasteiger partial charge in [0.1, 0.15) is 5.75 Å². The molecule has 0 aliphatic carbocycles. The van der Waals surface area contributed by atoms with E-state index in [0.717, 1.165) is 32.7 Å². The highest BCUT2D eigenvalue weighted by molar-refractivity contribution is 5.98. The minimum absolute atomic E-state index is 0.169. The molecule has 1 saturated heterocycles. The summed E-state index contributed by atoms with van der Waals surface area (Å²) in [7, 11) is 0. The Labute approximate surface area is 114 Å². The molecule has 1 N–H and O–H groups in total. The van der Waals surface area contributed by atoms with E-state index in [1.54, 1.807) is 0 Å². The van der Waals surface area contributed by atoms with Gasteiger partial charge in [-0.25, -0.2) is 0 Å². The van der Waals surface area contributed by atoms with E-state index in [9.17, 15) is 4.79 Å². The molecule has 1 heterocycles. The second-order valence-corrected chi connectivity index (χ2v) is 4.69. The number of carbonyl (C=O) groups excluding carboxylic acids is 1. The molecule has 2 rings (SSSR count). The number of rotatable bonds is 6. The molecule has 0 amide bonds. The van der Waals surface area contributed by atoms with Gasteiger partial charge in [0.2, 0.25) is 0 Å². The van der Waals surface area contributed by atoms with Crippen LogP contribution in [0.3, 0.4) is 0 Å². The number of piperazine rings is 1. The molecule has 104 valence electrons. The first-order chi connectivity index (χ1) is 9.31. The highest BCUT2D eigenvalue weighted by Gasteiger charge is 2.15. The molecule has 1 aliphatic heterocycles. The zero-order valence-electron chi connectivity index (χ0n) is 11.5. The van der Waals surface area contributed by atoms with Gasteiger partial charge in [-0.2, -0.15) is 0 Å². The van der Waals surface area contributed by atoms with Gasteiger partial charge < -0.3 is 15.0 Å². The maximum absolute atomic E-state index is 12.3. The Morgan fingerprint density at radius 1 is 1.32 bits per heavy atom. The third-order valence-electron chi connectivity index (χ3n) is 3.35. The number of carbonyl (C=O) groups is 1. The fraction of sp³-hybridized carbons (Fsp3) is 0.533. The molecule has 1 aromatic rings. The number of benzene rings is 1. The summed E-state index contributed by atoms with van der Waals surface area (Å²) in [5.41, 5.74) is 0.708. The fourth-order valence-electron chi connectivity index (χ4n) is 2.31. The highest BCUT2D eigenvalue weighted by Crippen LogP contribution is 2.19. The lowest BCUT2D eigenvalue weighted by atomic mass is 10.1. The number of ketones is 1. The van der Waals surface area contributed by atoms with Crippen molar-refractivity contribution in [2.75, 3.05) is 39.3 Å². The molecule has 4 nitrogen and oxygen atoms in total. The molecule has 1 aromatic carbocycles. The predicted molar refractivity (Wildman–Crippen MR) is 75.9 cm³/mol. The van der Waals surface area contributed by atoms with Crippen molar-refractivity contribution in [3.8, 4) is 5.75 Å². The van der Waals surface area contributed by atoms with E-state index in [-0.39, 0.29) is 5.78 Å². The third-order valence-corrected chi connectivity index (χ3v) is 3.35. The first-order valence-corrected chi connectivity index (χ1v) is 6.99. The van der Waals surface area contributed by atoms with Gasteiger partial charge in [0.15, 0.2) is 5.78 Å². The van der Waals surface area contributed by atoms with E-state index in [1.807, 2.05) is 31.2 Å². The van der Waals surface area contributed by atoms with Crippen LogP contribution in [0, 0.1) is 0 Å². The number of nitrogens with zero attached hydrogens (tertiary/aromatic N) is 1. The average Bonchev–Trinajstić information content (AvgIpc) is 2.47. The minimum atomic E-state index is 0.169. The number of hydrogen-bond acceptors (Lipinski definition) is 4. The van der Waals surface area contributed by atoms with Crippen molar-refractivity contribution in [1.82, 2.24) is 10.2 Å². The molecule has 0 radical (unpaired) electrons. The van der Waals surface area contributed by atoms with Crippen molar-refractivity contribution in [3.63, 3.8) is 0 Å². The van der Waals surface area contributed by atoms with Crippen LogP contribution < -0.4 is 10.1 Å². The summed E-state index contributed by atoms with van der Waals surface area (Å²) in [6.07, 6.45) is 0.560. The molecule has 1 fully saturated rings. The average molecular weight is 262 g/mol. The van der Waals surface area contributed by atoms with E-state index >= 15 is 0 Å². The van der Waals surface area contributed by atoms with E-state index in [4.69, 9.17) is 4.74 Å². The van der Waals surface area contributed by atoms with Crippen LogP contribution in [0.25, 0.3) is 0 Å². The maximum Gasteiger partial charge on any atom is 0.167 e. The van der Waals surface area contributed by atoms with E-state index in [0.29, 0.717) is 24.3 Å². The third kappa shape index (κ3) is 4.04.